The summed E-state index contributed by atoms with van der Waals surface area (Å²) in [6.07, 6.45) is -1.08. The largest absolute Gasteiger partial charge is 0.448 e. The van der Waals surface area contributed by atoms with Crippen LogP contribution in [-0.4, -0.2) is 35.5 Å². The van der Waals surface area contributed by atoms with E-state index in [0.717, 1.165) is 17.1 Å². The van der Waals surface area contributed by atoms with E-state index in [9.17, 15) is 14.4 Å². The fourth-order valence-electron chi connectivity index (χ4n) is 2.20. The van der Waals surface area contributed by atoms with Gasteiger partial charge in [-0.05, 0) is 23.6 Å². The first-order chi connectivity index (χ1) is 11.4. The molecule has 6 nitrogen and oxygen atoms in total. The van der Waals surface area contributed by atoms with Gasteiger partial charge in [0, 0.05) is 11.5 Å². The zero-order chi connectivity index (χ0) is 17.7. The number of amides is 3. The molecule has 0 radical (unpaired) electrons. The van der Waals surface area contributed by atoms with Gasteiger partial charge in [0.05, 0.1) is 10.1 Å². The van der Waals surface area contributed by atoms with Gasteiger partial charge in [0.1, 0.15) is 0 Å². The minimum atomic E-state index is -1.08. The van der Waals surface area contributed by atoms with E-state index in [1.807, 2.05) is 41.0 Å². The van der Waals surface area contributed by atoms with Gasteiger partial charge < -0.3 is 10.5 Å². The highest BCUT2D eigenvalue weighted by Crippen LogP contribution is 2.45. The minimum Gasteiger partial charge on any atom is -0.448 e. The number of thioether (sulfide) groups is 2. The highest BCUT2D eigenvalue weighted by Gasteiger charge is 2.28. The van der Waals surface area contributed by atoms with Crippen molar-refractivity contribution in [2.45, 2.75) is 24.5 Å². The number of primary amides is 1. The molecule has 2 rings (SSSR count). The normalized spacial score (nSPS) is 16.0. The highest BCUT2D eigenvalue weighted by molar-refractivity contribution is 8.19. The van der Waals surface area contributed by atoms with Gasteiger partial charge in [-0.15, -0.1) is 23.5 Å². The van der Waals surface area contributed by atoms with Gasteiger partial charge in [-0.1, -0.05) is 26.0 Å². The zero-order valence-corrected chi connectivity index (χ0v) is 15.1. The average molecular weight is 368 g/mol. The highest BCUT2D eigenvalue weighted by atomic mass is 32.2. The van der Waals surface area contributed by atoms with Crippen molar-refractivity contribution in [3.05, 3.63) is 35.4 Å². The van der Waals surface area contributed by atoms with E-state index in [1.54, 1.807) is 26.0 Å². The lowest BCUT2D eigenvalue weighted by atomic mass is 10.1. The molecule has 1 aliphatic heterocycles. The zero-order valence-electron chi connectivity index (χ0n) is 13.5. The molecule has 1 aromatic rings. The van der Waals surface area contributed by atoms with Crippen LogP contribution >= 0.6 is 23.5 Å². The number of carbonyl (C=O) groups is 3. The Balaban J connectivity index is 2.03. The number of imide groups is 1. The van der Waals surface area contributed by atoms with Crippen LogP contribution in [0.15, 0.2) is 24.3 Å². The quantitative estimate of drug-likeness (QED) is 0.775. The third-order valence-electron chi connectivity index (χ3n) is 3.38. The Morgan fingerprint density at radius 3 is 2.25 bits per heavy atom. The summed E-state index contributed by atoms with van der Waals surface area (Å²) < 4.78 is 5.66. The third kappa shape index (κ3) is 4.91. The molecule has 8 heteroatoms. The smallest absolute Gasteiger partial charge is 0.338 e. The summed E-state index contributed by atoms with van der Waals surface area (Å²) in [5.74, 6) is 0.639. The van der Waals surface area contributed by atoms with Gasteiger partial charge in [0.2, 0.25) is 0 Å². The Labute approximate surface area is 149 Å². The number of benzene rings is 1. The van der Waals surface area contributed by atoms with Crippen molar-refractivity contribution >= 4 is 41.4 Å². The first kappa shape index (κ1) is 18.7. The molecule has 0 saturated carbocycles. The first-order valence-electron chi connectivity index (χ1n) is 7.53. The molecule has 0 unspecified atom stereocenters. The number of nitrogens with one attached hydrogen (secondary N) is 1. The second-order valence-electron chi connectivity index (χ2n) is 5.62. The van der Waals surface area contributed by atoms with Crippen LogP contribution in [0, 0.1) is 5.92 Å². The maximum atomic E-state index is 12.3. The van der Waals surface area contributed by atoms with Crippen LogP contribution in [0.5, 0.6) is 0 Å². The molecule has 1 fully saturated rings. The van der Waals surface area contributed by atoms with Crippen molar-refractivity contribution in [2.75, 3.05) is 11.5 Å². The second kappa shape index (κ2) is 8.43. The van der Waals surface area contributed by atoms with Gasteiger partial charge in [-0.2, -0.15) is 0 Å². The van der Waals surface area contributed by atoms with Crippen molar-refractivity contribution in [3.8, 4) is 0 Å². The lowest BCUT2D eigenvalue weighted by Crippen LogP contribution is -2.45. The van der Waals surface area contributed by atoms with E-state index in [2.05, 4.69) is 0 Å². The van der Waals surface area contributed by atoms with E-state index in [0.29, 0.717) is 10.1 Å². The predicted molar refractivity (Wildman–Crippen MR) is 95.9 cm³/mol. The Hall–Kier alpha value is -1.67. The summed E-state index contributed by atoms with van der Waals surface area (Å²) >= 11 is 3.77. The molecule has 130 valence electrons. The van der Waals surface area contributed by atoms with Crippen molar-refractivity contribution in [1.29, 1.82) is 0 Å². The number of rotatable bonds is 5. The maximum Gasteiger partial charge on any atom is 0.338 e. The van der Waals surface area contributed by atoms with E-state index in [1.165, 1.54) is 0 Å². The Kier molecular flexibility index (Phi) is 6.56. The molecule has 3 N–H and O–H groups in total. The van der Waals surface area contributed by atoms with E-state index in [4.69, 9.17) is 10.5 Å². The second-order valence-corrected chi connectivity index (χ2v) is 8.34. The monoisotopic (exact) mass is 368 g/mol. The summed E-state index contributed by atoms with van der Waals surface area (Å²) in [5, 5.41) is 1.94. The first-order valence-corrected chi connectivity index (χ1v) is 9.62. The summed E-state index contributed by atoms with van der Waals surface area (Å²) in [4.78, 5) is 35.0. The molecular weight excluding hydrogens is 348 g/mol. The molecule has 1 aliphatic rings. The van der Waals surface area contributed by atoms with Crippen LogP contribution in [0.25, 0.3) is 0 Å². The summed E-state index contributed by atoms with van der Waals surface area (Å²) in [7, 11) is 0. The van der Waals surface area contributed by atoms with Crippen molar-refractivity contribution in [2.24, 2.45) is 11.7 Å². The van der Waals surface area contributed by atoms with Gasteiger partial charge >= 0.3 is 12.0 Å². The molecule has 0 aliphatic carbocycles. The lowest BCUT2D eigenvalue weighted by Gasteiger charge is -2.20. The Bertz CT molecular complexity index is 613. The fourth-order valence-corrected chi connectivity index (χ4v) is 5.05. The third-order valence-corrected chi connectivity index (χ3v) is 6.49. The molecule has 3 amide bonds. The van der Waals surface area contributed by atoms with Crippen LogP contribution < -0.4 is 11.1 Å². The number of carbonyl (C=O) groups excluding carboxylic acids is 3. The number of urea groups is 1. The van der Waals surface area contributed by atoms with Gasteiger partial charge in [-0.25, -0.2) is 9.59 Å². The molecule has 1 atom stereocenters. The molecular formula is C16H20N2O4S2. The number of nitrogens with two attached hydrogens (primary N) is 1. The Morgan fingerprint density at radius 1 is 1.17 bits per heavy atom. The number of hydrogen-bond donors (Lipinski definition) is 2. The number of esters is 1. The molecule has 0 spiro atoms. The van der Waals surface area contributed by atoms with E-state index in [-0.39, 0.29) is 5.92 Å². The standard InChI is InChI=1S/C16H20N2O4S2/c1-9(2)12(13(19)18-16(17)21)22-14(20)10-3-5-11(6-4-10)15-23-7-8-24-15/h3-6,9,12,15H,7-8H2,1-2H3,(H3,17,18,19,21)/t12-/m0/s1. The van der Waals surface area contributed by atoms with Crippen molar-refractivity contribution < 1.29 is 19.1 Å². The molecule has 1 saturated heterocycles. The Morgan fingerprint density at radius 2 is 1.75 bits per heavy atom. The van der Waals surface area contributed by atoms with E-state index < -0.39 is 24.0 Å². The lowest BCUT2D eigenvalue weighted by molar-refractivity contribution is -0.130. The van der Waals surface area contributed by atoms with E-state index >= 15 is 0 Å². The van der Waals surface area contributed by atoms with Crippen LogP contribution in [0.2, 0.25) is 0 Å². The molecule has 0 aromatic heterocycles. The summed E-state index contributed by atoms with van der Waals surface area (Å²) in [6.45, 7) is 3.44. The summed E-state index contributed by atoms with van der Waals surface area (Å²) in [5.41, 5.74) is 6.46. The molecule has 0 bridgehead atoms. The number of ether oxygens (including phenoxy) is 1. The maximum absolute atomic E-state index is 12.3. The fraction of sp³-hybridized carbons (Fsp3) is 0.438. The van der Waals surface area contributed by atoms with Gasteiger partial charge in [0.25, 0.3) is 5.91 Å². The summed E-state index contributed by atoms with van der Waals surface area (Å²) in [6, 6.07) is 6.22. The molecule has 1 aromatic carbocycles. The minimum absolute atomic E-state index is 0.293. The topological polar surface area (TPSA) is 98.5 Å². The molecule has 1 heterocycles. The van der Waals surface area contributed by atoms with Crippen LogP contribution in [0.3, 0.4) is 0 Å². The van der Waals surface area contributed by atoms with Crippen LogP contribution in [-0.2, 0) is 9.53 Å². The van der Waals surface area contributed by atoms with Gasteiger partial charge in [0.15, 0.2) is 6.10 Å². The van der Waals surface area contributed by atoms with Crippen LogP contribution in [0.4, 0.5) is 4.79 Å². The van der Waals surface area contributed by atoms with Crippen molar-refractivity contribution in [3.63, 3.8) is 0 Å². The van der Waals surface area contributed by atoms with Gasteiger partial charge in [-0.3, -0.25) is 10.1 Å². The number of hydrogen-bond acceptors (Lipinski definition) is 6. The average Bonchev–Trinajstić information content (AvgIpc) is 3.05. The predicted octanol–water partition coefficient (Wildman–Crippen LogP) is 2.54. The SMILES string of the molecule is CC(C)[C@H](OC(=O)c1ccc(C2SCCS2)cc1)C(=O)NC(N)=O. The van der Waals surface area contributed by atoms with Crippen LogP contribution in [0.1, 0.15) is 34.4 Å². The molecule has 24 heavy (non-hydrogen) atoms. The van der Waals surface area contributed by atoms with Crippen molar-refractivity contribution in [1.82, 2.24) is 5.32 Å².